The minimum absolute atomic E-state index is 0.273. The summed E-state index contributed by atoms with van der Waals surface area (Å²) in [6, 6.07) is 1.74. The molecule has 1 aliphatic heterocycles. The average Bonchev–Trinajstić information content (AvgIpc) is 2.07. The molecule has 0 aliphatic carbocycles. The molecule has 62 valence electrons. The molecule has 0 aromatic carbocycles. The number of aromatic nitrogens is 1. The van der Waals surface area contributed by atoms with Gasteiger partial charge in [-0.2, -0.15) is 0 Å². The van der Waals surface area contributed by atoms with Crippen molar-refractivity contribution in [2.45, 2.75) is 6.42 Å². The minimum atomic E-state index is -0.273. The second-order valence-corrected chi connectivity index (χ2v) is 3.45. The number of esters is 1. The fourth-order valence-corrected chi connectivity index (χ4v) is 1.49. The highest BCUT2D eigenvalue weighted by Gasteiger charge is 2.19. The number of nitrogens with zero attached hydrogens (tertiary/aromatic N) is 1. The normalized spacial score (nSPS) is 15.2. The molecule has 0 saturated heterocycles. The van der Waals surface area contributed by atoms with E-state index >= 15 is 0 Å². The number of hydrogen-bond donors (Lipinski definition) is 0. The summed E-state index contributed by atoms with van der Waals surface area (Å²) in [5.74, 6) is -0.273. The summed E-state index contributed by atoms with van der Waals surface area (Å²) in [6.07, 6.45) is 2.41. The zero-order valence-corrected chi connectivity index (χ0v) is 7.80. The van der Waals surface area contributed by atoms with Crippen molar-refractivity contribution >= 4 is 21.9 Å². The Bertz CT molecular complexity index is 338. The molecule has 0 bridgehead atoms. The van der Waals surface area contributed by atoms with Crippen LogP contribution in [0.4, 0.5) is 0 Å². The zero-order chi connectivity index (χ0) is 8.55. The molecule has 0 fully saturated rings. The van der Waals surface area contributed by atoms with Crippen LogP contribution in [0, 0.1) is 0 Å². The molecule has 0 N–H and O–H groups in total. The quantitative estimate of drug-likeness (QED) is 0.632. The van der Waals surface area contributed by atoms with Crippen molar-refractivity contribution in [2.24, 2.45) is 0 Å². The van der Waals surface area contributed by atoms with E-state index in [2.05, 4.69) is 20.9 Å². The van der Waals surface area contributed by atoms with Gasteiger partial charge in [0.05, 0.1) is 17.9 Å². The van der Waals surface area contributed by atoms with E-state index in [1.807, 2.05) is 0 Å². The van der Waals surface area contributed by atoms with Gasteiger partial charge in [-0.1, -0.05) is 0 Å². The lowest BCUT2D eigenvalue weighted by Gasteiger charge is -2.13. The summed E-state index contributed by atoms with van der Waals surface area (Å²) in [5, 5.41) is 0. The Balaban J connectivity index is 2.54. The molecule has 12 heavy (non-hydrogen) atoms. The second-order valence-electron chi connectivity index (χ2n) is 2.53. The van der Waals surface area contributed by atoms with Crippen LogP contribution in [0.2, 0.25) is 0 Å². The Kier molecular flexibility index (Phi) is 1.84. The Morgan fingerprint density at radius 1 is 1.58 bits per heavy atom. The zero-order valence-electron chi connectivity index (χ0n) is 6.21. The molecule has 2 heterocycles. The lowest BCUT2D eigenvalue weighted by molar-refractivity contribution is 0.0477. The number of carbonyl (C=O) groups excluding carboxylic acids is 1. The van der Waals surface area contributed by atoms with Gasteiger partial charge in [-0.3, -0.25) is 4.98 Å². The molecule has 1 aromatic heterocycles. The standard InChI is InChI=1S/C8H6BrNO2/c9-5-3-6-7(10-4-5)1-2-12-8(6)11/h3-4H,1-2H2. The van der Waals surface area contributed by atoms with E-state index in [4.69, 9.17) is 4.74 Å². The maximum Gasteiger partial charge on any atom is 0.340 e. The molecule has 3 nitrogen and oxygen atoms in total. The van der Waals surface area contributed by atoms with Crippen LogP contribution in [0.1, 0.15) is 16.1 Å². The third-order valence-corrected chi connectivity index (χ3v) is 2.16. The predicted molar refractivity (Wildman–Crippen MR) is 45.9 cm³/mol. The molecule has 1 aliphatic rings. The molecule has 4 heteroatoms. The van der Waals surface area contributed by atoms with Crippen LogP contribution < -0.4 is 0 Å². The van der Waals surface area contributed by atoms with Gasteiger partial charge in [-0.25, -0.2) is 4.79 Å². The van der Waals surface area contributed by atoms with E-state index in [1.54, 1.807) is 12.3 Å². The molecule has 0 radical (unpaired) electrons. The molecule has 0 amide bonds. The molecule has 1 aromatic rings. The smallest absolute Gasteiger partial charge is 0.340 e. The third-order valence-electron chi connectivity index (χ3n) is 1.73. The first kappa shape index (κ1) is 7.73. The molecule has 0 spiro atoms. The Morgan fingerprint density at radius 3 is 3.25 bits per heavy atom. The Labute approximate surface area is 77.9 Å². The summed E-state index contributed by atoms with van der Waals surface area (Å²) >= 11 is 3.25. The van der Waals surface area contributed by atoms with Crippen molar-refractivity contribution in [1.82, 2.24) is 4.98 Å². The van der Waals surface area contributed by atoms with Gasteiger partial charge in [0.25, 0.3) is 0 Å². The number of hydrogen-bond acceptors (Lipinski definition) is 3. The first-order valence-electron chi connectivity index (χ1n) is 3.59. The number of ether oxygens (including phenoxy) is 1. The molecule has 0 unspecified atom stereocenters. The number of carbonyl (C=O) groups is 1. The van der Waals surface area contributed by atoms with E-state index in [9.17, 15) is 4.79 Å². The Morgan fingerprint density at radius 2 is 2.42 bits per heavy atom. The van der Waals surface area contributed by atoms with Crippen LogP contribution in [0.15, 0.2) is 16.7 Å². The number of fused-ring (bicyclic) bond motifs is 1. The average molecular weight is 228 g/mol. The van der Waals surface area contributed by atoms with Gasteiger partial charge in [0.2, 0.25) is 0 Å². The third kappa shape index (κ3) is 1.22. The van der Waals surface area contributed by atoms with Gasteiger partial charge in [0, 0.05) is 17.1 Å². The van der Waals surface area contributed by atoms with E-state index < -0.39 is 0 Å². The molecular weight excluding hydrogens is 222 g/mol. The fraction of sp³-hybridized carbons (Fsp3) is 0.250. The predicted octanol–water partition coefficient (Wildman–Crippen LogP) is 1.56. The monoisotopic (exact) mass is 227 g/mol. The highest BCUT2D eigenvalue weighted by molar-refractivity contribution is 9.10. The molecule has 0 atom stereocenters. The van der Waals surface area contributed by atoms with Crippen molar-refractivity contribution in [3.8, 4) is 0 Å². The first-order chi connectivity index (χ1) is 5.77. The van der Waals surface area contributed by atoms with Crippen molar-refractivity contribution < 1.29 is 9.53 Å². The maximum absolute atomic E-state index is 11.2. The van der Waals surface area contributed by atoms with Crippen LogP contribution in [-0.2, 0) is 11.2 Å². The number of halogens is 1. The number of pyridine rings is 1. The second kappa shape index (κ2) is 2.86. The molecule has 0 saturated carbocycles. The van der Waals surface area contributed by atoms with E-state index in [1.165, 1.54) is 0 Å². The van der Waals surface area contributed by atoms with Gasteiger partial charge >= 0.3 is 5.97 Å². The van der Waals surface area contributed by atoms with E-state index in [0.29, 0.717) is 18.6 Å². The van der Waals surface area contributed by atoms with Gasteiger partial charge < -0.3 is 4.74 Å². The minimum Gasteiger partial charge on any atom is -0.462 e. The van der Waals surface area contributed by atoms with Crippen LogP contribution in [-0.4, -0.2) is 17.6 Å². The van der Waals surface area contributed by atoms with Crippen LogP contribution in [0.5, 0.6) is 0 Å². The summed E-state index contributed by atoms with van der Waals surface area (Å²) in [6.45, 7) is 0.445. The first-order valence-corrected chi connectivity index (χ1v) is 4.38. The summed E-state index contributed by atoms with van der Waals surface area (Å²) in [5.41, 5.74) is 1.41. The SMILES string of the molecule is O=C1OCCc2ncc(Br)cc21. The van der Waals surface area contributed by atoms with Crippen molar-refractivity contribution in [3.63, 3.8) is 0 Å². The van der Waals surface area contributed by atoms with Crippen LogP contribution >= 0.6 is 15.9 Å². The van der Waals surface area contributed by atoms with Crippen LogP contribution in [0.25, 0.3) is 0 Å². The lowest BCUT2D eigenvalue weighted by Crippen LogP contribution is -2.18. The van der Waals surface area contributed by atoms with Gasteiger partial charge in [0.1, 0.15) is 0 Å². The highest BCUT2D eigenvalue weighted by Crippen LogP contribution is 2.18. The Hall–Kier alpha value is -0.900. The fourth-order valence-electron chi connectivity index (χ4n) is 1.16. The van der Waals surface area contributed by atoms with E-state index in [-0.39, 0.29) is 5.97 Å². The van der Waals surface area contributed by atoms with E-state index in [0.717, 1.165) is 10.2 Å². The van der Waals surface area contributed by atoms with Crippen molar-refractivity contribution in [2.75, 3.05) is 6.61 Å². The largest absolute Gasteiger partial charge is 0.462 e. The van der Waals surface area contributed by atoms with Gasteiger partial charge in [-0.05, 0) is 22.0 Å². The molecule has 2 rings (SSSR count). The summed E-state index contributed by atoms with van der Waals surface area (Å²) < 4.78 is 5.67. The highest BCUT2D eigenvalue weighted by atomic mass is 79.9. The lowest BCUT2D eigenvalue weighted by atomic mass is 10.1. The summed E-state index contributed by atoms with van der Waals surface area (Å²) in [4.78, 5) is 15.3. The van der Waals surface area contributed by atoms with Crippen molar-refractivity contribution in [1.29, 1.82) is 0 Å². The molecular formula is C8H6BrNO2. The summed E-state index contributed by atoms with van der Waals surface area (Å²) in [7, 11) is 0. The van der Waals surface area contributed by atoms with Gasteiger partial charge in [-0.15, -0.1) is 0 Å². The maximum atomic E-state index is 11.2. The van der Waals surface area contributed by atoms with Gasteiger partial charge in [0.15, 0.2) is 0 Å². The number of rotatable bonds is 0. The van der Waals surface area contributed by atoms with Crippen molar-refractivity contribution in [3.05, 3.63) is 28.0 Å². The number of cyclic esters (lactones) is 1. The van der Waals surface area contributed by atoms with Crippen LogP contribution in [0.3, 0.4) is 0 Å². The topological polar surface area (TPSA) is 39.2 Å².